The minimum atomic E-state index is -2.86. The molecule has 0 aliphatic rings. The van der Waals surface area contributed by atoms with E-state index in [9.17, 15) is 8.42 Å². The van der Waals surface area contributed by atoms with Crippen LogP contribution in [0.15, 0.2) is 0 Å². The van der Waals surface area contributed by atoms with Gasteiger partial charge in [0.05, 0.1) is 11.0 Å². The highest BCUT2D eigenvalue weighted by Gasteiger charge is 2.11. The number of hydrogen-bond acceptors (Lipinski definition) is 2. The van der Waals surface area contributed by atoms with Gasteiger partial charge in [-0.2, -0.15) is 0 Å². The van der Waals surface area contributed by atoms with Crippen LogP contribution in [0.1, 0.15) is 20.8 Å². The zero-order chi connectivity index (χ0) is 6.78. The Labute approximate surface area is 50.8 Å². The standard InChI is InChI=1S/C5H11O2S/c1-4-8(6,7)5(2)3/h4-5H,1-3H3. The highest BCUT2D eigenvalue weighted by Crippen LogP contribution is 2.02. The van der Waals surface area contributed by atoms with Gasteiger partial charge in [0, 0.05) is 0 Å². The Hall–Kier alpha value is -0.0500. The first-order valence-electron chi connectivity index (χ1n) is 2.54. The molecule has 0 aromatic carbocycles. The van der Waals surface area contributed by atoms with E-state index in [1.807, 2.05) is 0 Å². The predicted molar refractivity (Wildman–Crippen MR) is 34.0 cm³/mol. The second-order valence-electron chi connectivity index (χ2n) is 1.87. The quantitative estimate of drug-likeness (QED) is 0.566. The summed E-state index contributed by atoms with van der Waals surface area (Å²) < 4.78 is 21.3. The van der Waals surface area contributed by atoms with Gasteiger partial charge in [-0.3, -0.25) is 0 Å². The second kappa shape index (κ2) is 2.49. The zero-order valence-electron chi connectivity index (χ0n) is 5.38. The summed E-state index contributed by atoms with van der Waals surface area (Å²) >= 11 is 0. The summed E-state index contributed by atoms with van der Waals surface area (Å²) in [6.45, 7) is 4.86. The summed E-state index contributed by atoms with van der Waals surface area (Å²) in [7, 11) is -2.86. The van der Waals surface area contributed by atoms with Crippen molar-refractivity contribution >= 4 is 9.84 Å². The maximum atomic E-state index is 10.6. The summed E-state index contributed by atoms with van der Waals surface area (Å²) in [5.41, 5.74) is 0. The largest absolute Gasteiger partial charge is 0.228 e. The van der Waals surface area contributed by atoms with E-state index in [-0.39, 0.29) is 5.25 Å². The van der Waals surface area contributed by atoms with Gasteiger partial charge in [-0.15, -0.1) is 0 Å². The molecule has 0 aromatic rings. The van der Waals surface area contributed by atoms with E-state index in [2.05, 4.69) is 0 Å². The van der Waals surface area contributed by atoms with Crippen LogP contribution in [0.3, 0.4) is 0 Å². The summed E-state index contributed by atoms with van der Waals surface area (Å²) in [4.78, 5) is 0. The van der Waals surface area contributed by atoms with Crippen molar-refractivity contribution < 1.29 is 8.42 Å². The van der Waals surface area contributed by atoms with E-state index in [0.29, 0.717) is 0 Å². The molecule has 0 spiro atoms. The normalized spacial score (nSPS) is 12.5. The van der Waals surface area contributed by atoms with Crippen LogP contribution in [-0.4, -0.2) is 13.7 Å². The third-order valence-electron chi connectivity index (χ3n) is 0.986. The Bertz CT molecular complexity index is 144. The van der Waals surface area contributed by atoms with Gasteiger partial charge < -0.3 is 0 Å². The van der Waals surface area contributed by atoms with Gasteiger partial charge in [0.25, 0.3) is 0 Å². The Morgan fingerprint density at radius 3 is 1.75 bits per heavy atom. The Morgan fingerprint density at radius 2 is 1.75 bits per heavy atom. The van der Waals surface area contributed by atoms with Gasteiger partial charge in [-0.05, 0) is 20.8 Å². The minimum Gasteiger partial charge on any atom is -0.228 e. The average molecular weight is 135 g/mol. The summed E-state index contributed by atoms with van der Waals surface area (Å²) in [5.74, 6) is 1.23. The van der Waals surface area contributed by atoms with Gasteiger partial charge in [-0.1, -0.05) is 0 Å². The maximum Gasteiger partial charge on any atom is 0.156 e. The molecule has 0 amide bonds. The lowest BCUT2D eigenvalue weighted by Crippen LogP contribution is -2.11. The molecule has 1 radical (unpaired) electrons. The lowest BCUT2D eigenvalue weighted by Gasteiger charge is -2.00. The van der Waals surface area contributed by atoms with Crippen molar-refractivity contribution in [3.63, 3.8) is 0 Å². The third kappa shape index (κ3) is 1.82. The van der Waals surface area contributed by atoms with E-state index in [1.54, 1.807) is 13.8 Å². The second-order valence-corrected chi connectivity index (χ2v) is 4.47. The minimum absolute atomic E-state index is 0.271. The first-order chi connectivity index (χ1) is 3.50. The highest BCUT2D eigenvalue weighted by molar-refractivity contribution is 7.93. The molecular formula is C5H11O2S. The first kappa shape index (κ1) is 7.95. The van der Waals surface area contributed by atoms with Crippen molar-refractivity contribution in [2.75, 3.05) is 0 Å². The van der Waals surface area contributed by atoms with E-state index in [0.717, 1.165) is 0 Å². The smallest absolute Gasteiger partial charge is 0.156 e. The van der Waals surface area contributed by atoms with E-state index in [1.165, 1.54) is 12.7 Å². The van der Waals surface area contributed by atoms with Gasteiger partial charge in [0.2, 0.25) is 0 Å². The predicted octanol–water partition coefficient (Wildman–Crippen LogP) is 0.991. The van der Waals surface area contributed by atoms with Crippen molar-refractivity contribution in [1.29, 1.82) is 0 Å². The highest BCUT2D eigenvalue weighted by atomic mass is 32.2. The molecule has 0 bridgehead atoms. The van der Waals surface area contributed by atoms with Crippen LogP contribution in [0.4, 0.5) is 0 Å². The van der Waals surface area contributed by atoms with Crippen LogP contribution < -0.4 is 0 Å². The molecule has 2 nitrogen and oxygen atoms in total. The van der Waals surface area contributed by atoms with Crippen LogP contribution in [0.5, 0.6) is 0 Å². The molecule has 8 heavy (non-hydrogen) atoms. The molecule has 0 aliphatic heterocycles. The molecule has 0 N–H and O–H groups in total. The molecule has 0 atom stereocenters. The van der Waals surface area contributed by atoms with Crippen LogP contribution in [-0.2, 0) is 9.84 Å². The molecule has 0 fully saturated rings. The number of hydrogen-bond donors (Lipinski definition) is 0. The summed E-state index contributed by atoms with van der Waals surface area (Å²) in [6, 6.07) is 0. The monoisotopic (exact) mass is 135 g/mol. The molecule has 49 valence electrons. The van der Waals surface area contributed by atoms with Crippen molar-refractivity contribution in [3.05, 3.63) is 5.75 Å². The zero-order valence-corrected chi connectivity index (χ0v) is 6.20. The van der Waals surface area contributed by atoms with E-state index in [4.69, 9.17) is 0 Å². The third-order valence-corrected chi connectivity index (χ3v) is 2.96. The fraction of sp³-hybridized carbons (Fsp3) is 0.800. The molecule has 0 saturated carbocycles. The number of rotatable bonds is 2. The van der Waals surface area contributed by atoms with Crippen molar-refractivity contribution in [2.45, 2.75) is 26.0 Å². The fourth-order valence-corrected chi connectivity index (χ4v) is 0.816. The molecule has 3 heteroatoms. The topological polar surface area (TPSA) is 34.1 Å². The van der Waals surface area contributed by atoms with Gasteiger partial charge in [0.15, 0.2) is 9.84 Å². The van der Waals surface area contributed by atoms with Crippen LogP contribution >= 0.6 is 0 Å². The summed E-state index contributed by atoms with van der Waals surface area (Å²) in [6.07, 6.45) is 0. The van der Waals surface area contributed by atoms with Crippen LogP contribution in [0, 0.1) is 5.75 Å². The fourth-order valence-electron chi connectivity index (χ4n) is 0.272. The van der Waals surface area contributed by atoms with Crippen LogP contribution in [0.25, 0.3) is 0 Å². The Kier molecular flexibility index (Phi) is 2.47. The van der Waals surface area contributed by atoms with Crippen molar-refractivity contribution in [3.8, 4) is 0 Å². The lowest BCUT2D eigenvalue weighted by molar-refractivity contribution is 0.593. The molecule has 0 saturated heterocycles. The lowest BCUT2D eigenvalue weighted by atomic mass is 10.6. The Morgan fingerprint density at radius 1 is 1.38 bits per heavy atom. The molecule has 0 aliphatic carbocycles. The first-order valence-corrected chi connectivity index (χ1v) is 4.15. The van der Waals surface area contributed by atoms with Crippen LogP contribution in [0.2, 0.25) is 0 Å². The molecule has 0 heterocycles. The maximum absolute atomic E-state index is 10.6. The summed E-state index contributed by atoms with van der Waals surface area (Å²) in [5, 5.41) is -0.271. The van der Waals surface area contributed by atoms with Gasteiger partial charge in [-0.25, -0.2) is 8.42 Å². The van der Waals surface area contributed by atoms with Gasteiger partial charge in [0.1, 0.15) is 0 Å². The molecule has 0 unspecified atom stereocenters. The Balaban J connectivity index is 4.17. The number of sulfone groups is 1. The average Bonchev–Trinajstić information content (AvgIpc) is 1.67. The molecule has 0 rings (SSSR count). The SMILES string of the molecule is C[CH]S(=O)(=O)C(C)C. The van der Waals surface area contributed by atoms with E-state index >= 15 is 0 Å². The van der Waals surface area contributed by atoms with E-state index < -0.39 is 9.84 Å². The van der Waals surface area contributed by atoms with Crippen molar-refractivity contribution in [1.82, 2.24) is 0 Å². The molecular weight excluding hydrogens is 124 g/mol. The van der Waals surface area contributed by atoms with Gasteiger partial charge >= 0.3 is 0 Å². The molecule has 0 aromatic heterocycles. The van der Waals surface area contributed by atoms with Crippen molar-refractivity contribution in [2.24, 2.45) is 0 Å².